The molecule has 9 nitrogen and oxygen atoms in total. The van der Waals surface area contributed by atoms with Crippen LogP contribution in [0.5, 0.6) is 0 Å². The lowest BCUT2D eigenvalue weighted by molar-refractivity contribution is -0.154. The topological polar surface area (TPSA) is 139 Å². The first-order chi connectivity index (χ1) is 14.0. The molecule has 2 atom stereocenters. The summed E-state index contributed by atoms with van der Waals surface area (Å²) in [7, 11) is 0. The summed E-state index contributed by atoms with van der Waals surface area (Å²) in [6, 6.07) is 8.11. The number of nitrogens with one attached hydrogen (secondary N) is 1. The maximum Gasteiger partial charge on any atom is 0.407 e. The minimum absolute atomic E-state index is 0.00447. The fourth-order valence-electron chi connectivity index (χ4n) is 2.67. The quantitative estimate of drug-likeness (QED) is 0.462. The molecule has 0 aliphatic carbocycles. The molecule has 1 rings (SSSR count). The Morgan fingerprint density at radius 1 is 0.967 bits per heavy atom. The number of rotatable bonds is 11. The van der Waals surface area contributed by atoms with Crippen molar-refractivity contribution in [2.24, 2.45) is 5.92 Å². The predicted octanol–water partition coefficient (Wildman–Crippen LogP) is 2.97. The summed E-state index contributed by atoms with van der Waals surface area (Å²) in [4.78, 5) is 46.6. The van der Waals surface area contributed by atoms with Gasteiger partial charge in [0.15, 0.2) is 0 Å². The van der Waals surface area contributed by atoms with E-state index < -0.39 is 54.4 Å². The van der Waals surface area contributed by atoms with E-state index in [1.54, 1.807) is 45.0 Å². The van der Waals surface area contributed by atoms with Crippen molar-refractivity contribution in [1.29, 1.82) is 0 Å². The zero-order valence-corrected chi connectivity index (χ0v) is 17.4. The number of carbonyl (C=O) groups is 4. The Hall–Kier alpha value is -3.10. The third-order valence-electron chi connectivity index (χ3n) is 3.98. The van der Waals surface area contributed by atoms with E-state index in [0.717, 1.165) is 5.56 Å². The molecule has 0 spiro atoms. The molecule has 1 aromatic rings. The SMILES string of the molecule is CC(C)(C)OC(=O)NC(CCC(CC(=O)O)C(=O)OCc1ccccc1)CC(=O)O. The number of carboxylic acids is 2. The summed E-state index contributed by atoms with van der Waals surface area (Å²) in [5.74, 6) is -3.97. The lowest BCUT2D eigenvalue weighted by atomic mass is 9.95. The van der Waals surface area contributed by atoms with Crippen molar-refractivity contribution < 1.29 is 38.9 Å². The number of carbonyl (C=O) groups excluding carboxylic acids is 2. The monoisotopic (exact) mass is 423 g/mol. The van der Waals surface area contributed by atoms with Crippen molar-refractivity contribution in [2.75, 3.05) is 0 Å². The van der Waals surface area contributed by atoms with Gasteiger partial charge in [0.25, 0.3) is 0 Å². The molecule has 0 saturated carbocycles. The van der Waals surface area contributed by atoms with Gasteiger partial charge in [0.2, 0.25) is 0 Å². The Morgan fingerprint density at radius 2 is 1.57 bits per heavy atom. The molecule has 0 aliphatic rings. The van der Waals surface area contributed by atoms with Gasteiger partial charge < -0.3 is 25.0 Å². The highest BCUT2D eigenvalue weighted by Gasteiger charge is 2.27. The summed E-state index contributed by atoms with van der Waals surface area (Å²) in [5, 5.41) is 20.7. The molecule has 1 aromatic carbocycles. The second-order valence-corrected chi connectivity index (χ2v) is 7.91. The van der Waals surface area contributed by atoms with Gasteiger partial charge in [-0.15, -0.1) is 0 Å². The first-order valence-electron chi connectivity index (χ1n) is 9.60. The lowest BCUT2D eigenvalue weighted by Crippen LogP contribution is -2.40. The molecule has 0 aliphatic heterocycles. The summed E-state index contributed by atoms with van der Waals surface area (Å²) in [5.41, 5.74) is 0.000526. The molecule has 30 heavy (non-hydrogen) atoms. The molecule has 9 heteroatoms. The van der Waals surface area contributed by atoms with E-state index in [9.17, 15) is 19.2 Å². The smallest absolute Gasteiger partial charge is 0.407 e. The number of benzene rings is 1. The Kier molecular flexibility index (Phi) is 9.80. The van der Waals surface area contributed by atoms with Crippen molar-refractivity contribution in [2.45, 2.75) is 64.7 Å². The van der Waals surface area contributed by atoms with Crippen molar-refractivity contribution in [3.8, 4) is 0 Å². The highest BCUT2D eigenvalue weighted by atomic mass is 16.6. The van der Waals surface area contributed by atoms with Crippen LogP contribution >= 0.6 is 0 Å². The average Bonchev–Trinajstić information content (AvgIpc) is 2.61. The van der Waals surface area contributed by atoms with Crippen molar-refractivity contribution >= 4 is 24.0 Å². The van der Waals surface area contributed by atoms with Crippen LogP contribution in [-0.4, -0.2) is 45.9 Å². The van der Waals surface area contributed by atoms with Crippen LogP contribution in [-0.2, 0) is 30.5 Å². The van der Waals surface area contributed by atoms with Crippen LogP contribution in [0.25, 0.3) is 0 Å². The van der Waals surface area contributed by atoms with Crippen molar-refractivity contribution in [1.82, 2.24) is 5.32 Å². The molecule has 166 valence electrons. The van der Waals surface area contributed by atoms with Gasteiger partial charge >= 0.3 is 24.0 Å². The third kappa shape index (κ3) is 11.0. The number of esters is 1. The molecule has 2 unspecified atom stereocenters. The zero-order valence-electron chi connectivity index (χ0n) is 17.4. The van der Waals surface area contributed by atoms with Crippen molar-refractivity contribution in [3.05, 3.63) is 35.9 Å². The number of ether oxygens (including phenoxy) is 2. The van der Waals surface area contributed by atoms with Crippen molar-refractivity contribution in [3.63, 3.8) is 0 Å². The maximum atomic E-state index is 12.4. The van der Waals surface area contributed by atoms with Gasteiger partial charge in [0.05, 0.1) is 18.8 Å². The molecule has 0 bridgehead atoms. The second-order valence-electron chi connectivity index (χ2n) is 7.91. The largest absolute Gasteiger partial charge is 0.481 e. The molecular weight excluding hydrogens is 394 g/mol. The van der Waals surface area contributed by atoms with Crippen LogP contribution in [0.4, 0.5) is 4.79 Å². The van der Waals surface area contributed by atoms with E-state index in [-0.39, 0.29) is 19.4 Å². The molecule has 0 fully saturated rings. The highest BCUT2D eigenvalue weighted by Crippen LogP contribution is 2.18. The number of aliphatic carboxylic acids is 2. The van der Waals surface area contributed by atoms with Gasteiger partial charge in [-0.1, -0.05) is 30.3 Å². The van der Waals surface area contributed by atoms with E-state index >= 15 is 0 Å². The van der Waals surface area contributed by atoms with Gasteiger partial charge in [-0.2, -0.15) is 0 Å². The lowest BCUT2D eigenvalue weighted by Gasteiger charge is -2.24. The molecular formula is C21H29NO8. The number of carboxylic acid groups (broad SMARTS) is 2. The number of hydrogen-bond donors (Lipinski definition) is 3. The second kappa shape index (κ2) is 11.8. The fourth-order valence-corrected chi connectivity index (χ4v) is 2.67. The minimum Gasteiger partial charge on any atom is -0.481 e. The fraction of sp³-hybridized carbons (Fsp3) is 0.524. The predicted molar refractivity (Wildman–Crippen MR) is 107 cm³/mol. The molecule has 0 radical (unpaired) electrons. The van der Waals surface area contributed by atoms with Crippen LogP contribution in [0.15, 0.2) is 30.3 Å². The summed E-state index contributed by atoms with van der Waals surface area (Å²) in [6.45, 7) is 5.02. The van der Waals surface area contributed by atoms with E-state index in [2.05, 4.69) is 5.32 Å². The first-order valence-corrected chi connectivity index (χ1v) is 9.60. The number of alkyl carbamates (subject to hydrolysis) is 1. The Morgan fingerprint density at radius 3 is 2.10 bits per heavy atom. The Balaban J connectivity index is 2.72. The first kappa shape index (κ1) is 24.9. The zero-order chi connectivity index (χ0) is 22.7. The van der Waals surface area contributed by atoms with Crippen LogP contribution in [0.2, 0.25) is 0 Å². The number of amides is 1. The van der Waals surface area contributed by atoms with E-state index in [0.29, 0.717) is 0 Å². The standard InChI is InChI=1S/C21H29NO8/c1-21(2,3)30-20(28)22-16(12-18(25)26)10-9-15(11-17(23)24)19(27)29-13-14-7-5-4-6-8-14/h4-8,15-16H,9-13H2,1-3H3,(H,22,28)(H,23,24)(H,25,26). The van der Waals surface area contributed by atoms with E-state index in [1.807, 2.05) is 6.07 Å². The van der Waals surface area contributed by atoms with Gasteiger partial charge in [0, 0.05) is 6.04 Å². The molecule has 0 aromatic heterocycles. The third-order valence-corrected chi connectivity index (χ3v) is 3.98. The van der Waals surface area contributed by atoms with Crippen LogP contribution < -0.4 is 5.32 Å². The molecule has 0 saturated heterocycles. The minimum atomic E-state index is -1.17. The van der Waals surface area contributed by atoms with E-state index in [4.69, 9.17) is 19.7 Å². The number of hydrogen-bond acceptors (Lipinski definition) is 6. The Labute approximate surface area is 175 Å². The van der Waals surface area contributed by atoms with Crippen LogP contribution in [0.1, 0.15) is 52.0 Å². The highest BCUT2D eigenvalue weighted by molar-refractivity contribution is 5.79. The van der Waals surface area contributed by atoms with Gasteiger partial charge in [-0.05, 0) is 39.2 Å². The van der Waals surface area contributed by atoms with Gasteiger partial charge in [-0.3, -0.25) is 14.4 Å². The molecule has 0 heterocycles. The molecule has 1 amide bonds. The molecule has 3 N–H and O–H groups in total. The summed E-state index contributed by atoms with van der Waals surface area (Å²) < 4.78 is 10.3. The normalized spacial score (nSPS) is 13.0. The van der Waals surface area contributed by atoms with E-state index in [1.165, 1.54) is 0 Å². The van der Waals surface area contributed by atoms with Gasteiger partial charge in [0.1, 0.15) is 12.2 Å². The maximum absolute atomic E-state index is 12.4. The average molecular weight is 423 g/mol. The summed E-state index contributed by atoms with van der Waals surface area (Å²) in [6.07, 6.45) is -1.52. The summed E-state index contributed by atoms with van der Waals surface area (Å²) >= 11 is 0. The van der Waals surface area contributed by atoms with Gasteiger partial charge in [-0.25, -0.2) is 4.79 Å². The Bertz CT molecular complexity index is 726. The van der Waals surface area contributed by atoms with Crippen LogP contribution in [0.3, 0.4) is 0 Å². The van der Waals surface area contributed by atoms with Crippen LogP contribution in [0, 0.1) is 5.92 Å².